The van der Waals surface area contributed by atoms with Crippen LogP contribution in [0.5, 0.6) is 0 Å². The summed E-state index contributed by atoms with van der Waals surface area (Å²) < 4.78 is 0. The maximum Gasteiger partial charge on any atom is 0.224 e. The molecule has 5 heteroatoms. The van der Waals surface area contributed by atoms with E-state index in [-0.39, 0.29) is 11.8 Å². The third-order valence-corrected chi connectivity index (χ3v) is 5.09. The van der Waals surface area contributed by atoms with Crippen LogP contribution in [0.4, 0.5) is 0 Å². The van der Waals surface area contributed by atoms with E-state index in [1.807, 2.05) is 18.2 Å². The number of halogens is 2. The van der Waals surface area contributed by atoms with Gasteiger partial charge in [0.2, 0.25) is 5.91 Å². The second-order valence-electron chi connectivity index (χ2n) is 6.32. The SMILES string of the molecule is CCCCCNC(=O)C1CCCN(Cc2ccc(Cl)c(Cl)c2)C1. The summed E-state index contributed by atoms with van der Waals surface area (Å²) in [5.74, 6) is 0.313. The lowest BCUT2D eigenvalue weighted by molar-refractivity contribution is -0.126. The monoisotopic (exact) mass is 356 g/mol. The van der Waals surface area contributed by atoms with E-state index < -0.39 is 0 Å². The number of likely N-dealkylation sites (tertiary alicyclic amines) is 1. The first kappa shape index (κ1) is 18.6. The van der Waals surface area contributed by atoms with Crippen molar-refractivity contribution in [1.82, 2.24) is 10.2 Å². The van der Waals surface area contributed by atoms with E-state index in [1.54, 1.807) is 0 Å². The smallest absolute Gasteiger partial charge is 0.224 e. The molecule has 1 amide bonds. The van der Waals surface area contributed by atoms with Crippen LogP contribution in [-0.2, 0) is 11.3 Å². The van der Waals surface area contributed by atoms with Gasteiger partial charge in [0.05, 0.1) is 16.0 Å². The van der Waals surface area contributed by atoms with E-state index >= 15 is 0 Å². The van der Waals surface area contributed by atoms with E-state index in [0.29, 0.717) is 10.0 Å². The molecule has 1 unspecified atom stereocenters. The highest BCUT2D eigenvalue weighted by Crippen LogP contribution is 2.24. The maximum absolute atomic E-state index is 12.3. The Morgan fingerprint density at radius 1 is 1.30 bits per heavy atom. The zero-order chi connectivity index (χ0) is 16.7. The van der Waals surface area contributed by atoms with Gasteiger partial charge in [-0.3, -0.25) is 9.69 Å². The third kappa shape index (κ3) is 5.98. The molecule has 1 aromatic carbocycles. The summed E-state index contributed by atoms with van der Waals surface area (Å²) in [6, 6.07) is 5.75. The van der Waals surface area contributed by atoms with Crippen LogP contribution in [-0.4, -0.2) is 30.4 Å². The highest BCUT2D eigenvalue weighted by Gasteiger charge is 2.25. The van der Waals surface area contributed by atoms with Gasteiger partial charge in [-0.25, -0.2) is 0 Å². The predicted octanol–water partition coefficient (Wildman–Crippen LogP) is 4.51. The van der Waals surface area contributed by atoms with Gasteiger partial charge in [0.1, 0.15) is 0 Å². The molecule has 1 N–H and O–H groups in total. The first-order chi connectivity index (χ1) is 11.1. The molecule has 1 saturated heterocycles. The molecule has 1 aliphatic heterocycles. The number of carbonyl (C=O) groups is 1. The Balaban J connectivity index is 1.82. The van der Waals surface area contributed by atoms with Gasteiger partial charge in [0.25, 0.3) is 0 Å². The zero-order valence-electron chi connectivity index (χ0n) is 13.8. The second-order valence-corrected chi connectivity index (χ2v) is 7.14. The van der Waals surface area contributed by atoms with Crippen molar-refractivity contribution >= 4 is 29.1 Å². The quantitative estimate of drug-likeness (QED) is 0.728. The van der Waals surface area contributed by atoms with E-state index in [1.165, 1.54) is 12.8 Å². The van der Waals surface area contributed by atoms with E-state index in [0.717, 1.165) is 51.0 Å². The molecule has 1 aromatic rings. The van der Waals surface area contributed by atoms with Crippen molar-refractivity contribution in [2.45, 2.75) is 45.6 Å². The minimum absolute atomic E-state index is 0.105. The summed E-state index contributed by atoms with van der Waals surface area (Å²) in [6.07, 6.45) is 5.47. The molecule has 2 rings (SSSR count). The van der Waals surface area contributed by atoms with Crippen molar-refractivity contribution in [3.63, 3.8) is 0 Å². The lowest BCUT2D eigenvalue weighted by atomic mass is 9.96. The lowest BCUT2D eigenvalue weighted by Crippen LogP contribution is -2.42. The number of nitrogens with zero attached hydrogens (tertiary/aromatic N) is 1. The Hall–Kier alpha value is -0.770. The van der Waals surface area contributed by atoms with Crippen LogP contribution in [0.2, 0.25) is 10.0 Å². The van der Waals surface area contributed by atoms with Crippen LogP contribution >= 0.6 is 23.2 Å². The minimum atomic E-state index is 0.105. The Bertz CT molecular complexity index is 522. The van der Waals surface area contributed by atoms with Crippen molar-refractivity contribution in [1.29, 1.82) is 0 Å². The summed E-state index contributed by atoms with van der Waals surface area (Å²) in [5.41, 5.74) is 1.14. The number of rotatable bonds is 7. The summed E-state index contributed by atoms with van der Waals surface area (Å²) in [7, 11) is 0. The normalized spacial score (nSPS) is 18.8. The average Bonchev–Trinajstić information content (AvgIpc) is 2.55. The fourth-order valence-corrected chi connectivity index (χ4v) is 3.36. The van der Waals surface area contributed by atoms with E-state index in [2.05, 4.69) is 17.1 Å². The maximum atomic E-state index is 12.3. The van der Waals surface area contributed by atoms with Crippen molar-refractivity contribution in [2.24, 2.45) is 5.92 Å². The van der Waals surface area contributed by atoms with Crippen LogP contribution in [0.15, 0.2) is 18.2 Å². The summed E-state index contributed by atoms with van der Waals surface area (Å²) in [6.45, 7) is 5.63. The van der Waals surface area contributed by atoms with Crippen molar-refractivity contribution in [3.05, 3.63) is 33.8 Å². The first-order valence-corrected chi connectivity index (χ1v) is 9.29. The van der Waals surface area contributed by atoms with Gasteiger partial charge in [-0.15, -0.1) is 0 Å². The number of hydrogen-bond acceptors (Lipinski definition) is 2. The molecule has 0 spiro atoms. The lowest BCUT2D eigenvalue weighted by Gasteiger charge is -2.32. The molecule has 1 aliphatic rings. The van der Waals surface area contributed by atoms with Crippen LogP contribution in [0, 0.1) is 5.92 Å². The number of hydrogen-bond donors (Lipinski definition) is 1. The van der Waals surface area contributed by atoms with Crippen molar-refractivity contribution < 1.29 is 4.79 Å². The number of piperidine rings is 1. The van der Waals surface area contributed by atoms with Crippen LogP contribution < -0.4 is 5.32 Å². The Morgan fingerprint density at radius 2 is 2.13 bits per heavy atom. The van der Waals surface area contributed by atoms with Gasteiger partial charge >= 0.3 is 0 Å². The molecule has 0 radical (unpaired) electrons. The second kappa shape index (κ2) is 9.51. The third-order valence-electron chi connectivity index (χ3n) is 4.35. The van der Waals surface area contributed by atoms with Gasteiger partial charge in [0.15, 0.2) is 0 Å². The largest absolute Gasteiger partial charge is 0.356 e. The zero-order valence-corrected chi connectivity index (χ0v) is 15.3. The van der Waals surface area contributed by atoms with Crippen molar-refractivity contribution in [2.75, 3.05) is 19.6 Å². The molecule has 128 valence electrons. The number of nitrogens with one attached hydrogen (secondary N) is 1. The van der Waals surface area contributed by atoms with Gasteiger partial charge in [-0.2, -0.15) is 0 Å². The molecule has 23 heavy (non-hydrogen) atoms. The number of carbonyl (C=O) groups excluding carboxylic acids is 1. The Morgan fingerprint density at radius 3 is 2.87 bits per heavy atom. The van der Waals surface area contributed by atoms with Crippen LogP contribution in [0.1, 0.15) is 44.6 Å². The van der Waals surface area contributed by atoms with E-state index in [9.17, 15) is 4.79 Å². The van der Waals surface area contributed by atoms with Gasteiger partial charge < -0.3 is 5.32 Å². The van der Waals surface area contributed by atoms with Gasteiger partial charge in [-0.05, 0) is 43.5 Å². The molecule has 0 saturated carbocycles. The van der Waals surface area contributed by atoms with Gasteiger partial charge in [0, 0.05) is 19.6 Å². The molecule has 3 nitrogen and oxygen atoms in total. The van der Waals surface area contributed by atoms with E-state index in [4.69, 9.17) is 23.2 Å². The highest BCUT2D eigenvalue weighted by molar-refractivity contribution is 6.42. The average molecular weight is 357 g/mol. The van der Waals surface area contributed by atoms with Crippen molar-refractivity contribution in [3.8, 4) is 0 Å². The fourth-order valence-electron chi connectivity index (χ4n) is 3.04. The molecule has 1 fully saturated rings. The molecule has 0 aromatic heterocycles. The minimum Gasteiger partial charge on any atom is -0.356 e. The molecular weight excluding hydrogens is 331 g/mol. The predicted molar refractivity (Wildman–Crippen MR) is 97.0 cm³/mol. The first-order valence-electron chi connectivity index (χ1n) is 8.54. The Kier molecular flexibility index (Phi) is 7.68. The summed E-state index contributed by atoms with van der Waals surface area (Å²) in [4.78, 5) is 14.6. The van der Waals surface area contributed by atoms with Crippen LogP contribution in [0.25, 0.3) is 0 Å². The fraction of sp³-hybridized carbons (Fsp3) is 0.611. The van der Waals surface area contributed by atoms with Gasteiger partial charge in [-0.1, -0.05) is 49.0 Å². The van der Waals surface area contributed by atoms with Crippen LogP contribution in [0.3, 0.4) is 0 Å². The summed E-state index contributed by atoms with van der Waals surface area (Å²) >= 11 is 12.0. The molecule has 0 aliphatic carbocycles. The number of unbranched alkanes of at least 4 members (excludes halogenated alkanes) is 2. The molecule has 1 heterocycles. The molecule has 0 bridgehead atoms. The summed E-state index contributed by atoms with van der Waals surface area (Å²) in [5, 5.41) is 4.26. The Labute approximate surface area is 149 Å². The molecular formula is C18H26Cl2N2O. The molecule has 1 atom stereocenters. The standard InChI is InChI=1S/C18H26Cl2N2O/c1-2-3-4-9-21-18(23)15-6-5-10-22(13-15)12-14-7-8-16(19)17(20)11-14/h7-8,11,15H,2-6,9-10,12-13H2,1H3,(H,21,23). The number of amides is 1. The number of benzene rings is 1. The topological polar surface area (TPSA) is 32.3 Å². The highest BCUT2D eigenvalue weighted by atomic mass is 35.5.